The van der Waals surface area contributed by atoms with Crippen LogP contribution in [0.5, 0.6) is 0 Å². The first-order chi connectivity index (χ1) is 14.3. The summed E-state index contributed by atoms with van der Waals surface area (Å²) in [5, 5.41) is 4.99. The second kappa shape index (κ2) is 9.34. The van der Waals surface area contributed by atoms with Crippen molar-refractivity contribution >= 4 is 28.6 Å². The van der Waals surface area contributed by atoms with Crippen LogP contribution in [0.3, 0.4) is 0 Å². The first-order valence-corrected chi connectivity index (χ1v) is 10.5. The van der Waals surface area contributed by atoms with Gasteiger partial charge in [-0.25, -0.2) is 9.97 Å². The normalized spacial score (nSPS) is 11.9. The molecule has 0 unspecified atom stereocenters. The molecule has 0 aliphatic carbocycles. The molecule has 5 heteroatoms. The number of hydrogen-bond donors (Lipinski definition) is 1. The van der Waals surface area contributed by atoms with Crippen molar-refractivity contribution < 1.29 is 4.79 Å². The SMILES string of the molecule is O=C(CSc1ncnc2ccccc12)N[C@@H](Cc1ccccc1)c1ccccc1. The van der Waals surface area contributed by atoms with E-state index in [-0.39, 0.29) is 11.9 Å². The van der Waals surface area contributed by atoms with Gasteiger partial charge in [0.1, 0.15) is 11.4 Å². The number of nitrogens with zero attached hydrogens (tertiary/aromatic N) is 2. The maximum absolute atomic E-state index is 12.8. The second-order valence-corrected chi connectivity index (χ2v) is 7.67. The predicted molar refractivity (Wildman–Crippen MR) is 118 cm³/mol. The van der Waals surface area contributed by atoms with E-state index in [4.69, 9.17) is 0 Å². The summed E-state index contributed by atoms with van der Waals surface area (Å²) >= 11 is 1.44. The fourth-order valence-electron chi connectivity index (χ4n) is 3.25. The summed E-state index contributed by atoms with van der Waals surface area (Å²) in [7, 11) is 0. The molecule has 1 N–H and O–H groups in total. The number of thioether (sulfide) groups is 1. The van der Waals surface area contributed by atoms with Crippen molar-refractivity contribution in [2.45, 2.75) is 17.5 Å². The molecule has 29 heavy (non-hydrogen) atoms. The van der Waals surface area contributed by atoms with Gasteiger partial charge in [0.2, 0.25) is 5.91 Å². The number of carbonyl (C=O) groups excluding carboxylic acids is 1. The van der Waals surface area contributed by atoms with E-state index in [1.54, 1.807) is 6.33 Å². The monoisotopic (exact) mass is 399 g/mol. The minimum atomic E-state index is -0.0751. The van der Waals surface area contributed by atoms with Crippen LogP contribution in [0.15, 0.2) is 96.3 Å². The van der Waals surface area contributed by atoms with E-state index in [2.05, 4.69) is 39.6 Å². The van der Waals surface area contributed by atoms with Crippen molar-refractivity contribution in [2.24, 2.45) is 0 Å². The molecule has 1 heterocycles. The third-order valence-electron chi connectivity index (χ3n) is 4.67. The Morgan fingerprint density at radius 1 is 0.862 bits per heavy atom. The zero-order valence-electron chi connectivity index (χ0n) is 15.9. The van der Waals surface area contributed by atoms with Gasteiger partial charge in [0.05, 0.1) is 17.3 Å². The number of para-hydroxylation sites is 1. The van der Waals surface area contributed by atoms with Gasteiger partial charge in [-0.15, -0.1) is 0 Å². The summed E-state index contributed by atoms with van der Waals surface area (Å²) in [4.78, 5) is 21.4. The molecule has 4 rings (SSSR count). The topological polar surface area (TPSA) is 54.9 Å². The Morgan fingerprint density at radius 3 is 2.34 bits per heavy atom. The second-order valence-electron chi connectivity index (χ2n) is 6.71. The smallest absolute Gasteiger partial charge is 0.230 e. The Balaban J connectivity index is 1.46. The van der Waals surface area contributed by atoms with Gasteiger partial charge in [-0.3, -0.25) is 4.79 Å². The number of nitrogens with one attached hydrogen (secondary N) is 1. The van der Waals surface area contributed by atoms with Crippen LogP contribution in [-0.4, -0.2) is 21.6 Å². The van der Waals surface area contributed by atoms with Crippen LogP contribution in [0.1, 0.15) is 17.2 Å². The molecule has 0 aliphatic rings. The summed E-state index contributed by atoms with van der Waals surface area (Å²) in [6.07, 6.45) is 2.29. The van der Waals surface area contributed by atoms with Gasteiger partial charge in [-0.1, -0.05) is 90.6 Å². The molecule has 0 fully saturated rings. The first-order valence-electron chi connectivity index (χ1n) is 9.50. The van der Waals surface area contributed by atoms with Gasteiger partial charge < -0.3 is 5.32 Å². The zero-order chi connectivity index (χ0) is 19.9. The van der Waals surface area contributed by atoms with Gasteiger partial charge in [0.25, 0.3) is 0 Å². The summed E-state index contributed by atoms with van der Waals surface area (Å²) < 4.78 is 0. The molecule has 0 bridgehead atoms. The molecule has 1 amide bonds. The minimum Gasteiger partial charge on any atom is -0.348 e. The van der Waals surface area contributed by atoms with E-state index in [0.717, 1.165) is 27.9 Å². The Labute approximate surface area is 174 Å². The minimum absolute atomic E-state index is 0.0116. The number of carbonyl (C=O) groups is 1. The Kier molecular flexibility index (Phi) is 6.17. The van der Waals surface area contributed by atoms with E-state index >= 15 is 0 Å². The number of aromatic nitrogens is 2. The molecule has 0 spiro atoms. The van der Waals surface area contributed by atoms with Crippen molar-refractivity contribution in [3.63, 3.8) is 0 Å². The van der Waals surface area contributed by atoms with Crippen LogP contribution >= 0.6 is 11.8 Å². The summed E-state index contributed by atoms with van der Waals surface area (Å²) in [6, 6.07) is 28.1. The molecular formula is C24H21N3OS. The number of rotatable bonds is 7. The molecule has 144 valence electrons. The van der Waals surface area contributed by atoms with Crippen molar-refractivity contribution in [1.29, 1.82) is 0 Å². The quantitative estimate of drug-likeness (QED) is 0.357. The lowest BCUT2D eigenvalue weighted by molar-refractivity contribution is -0.119. The van der Waals surface area contributed by atoms with E-state index in [0.29, 0.717) is 5.75 Å². The van der Waals surface area contributed by atoms with Gasteiger partial charge in [-0.2, -0.15) is 0 Å². The third-order valence-corrected chi connectivity index (χ3v) is 5.67. The Morgan fingerprint density at radius 2 is 1.55 bits per heavy atom. The van der Waals surface area contributed by atoms with Crippen LogP contribution in [0.25, 0.3) is 10.9 Å². The van der Waals surface area contributed by atoms with E-state index in [1.807, 2.05) is 60.7 Å². The van der Waals surface area contributed by atoms with Crippen LogP contribution in [0.2, 0.25) is 0 Å². The highest BCUT2D eigenvalue weighted by atomic mass is 32.2. The van der Waals surface area contributed by atoms with Crippen LogP contribution in [0, 0.1) is 0 Å². The molecule has 0 aliphatic heterocycles. The fraction of sp³-hybridized carbons (Fsp3) is 0.125. The molecule has 0 saturated heterocycles. The fourth-order valence-corrected chi connectivity index (χ4v) is 4.05. The standard InChI is InChI=1S/C24H21N3OS/c28-23(16-29-24-20-13-7-8-14-21(20)25-17-26-24)27-22(19-11-5-2-6-12-19)15-18-9-3-1-4-10-18/h1-14,17,22H,15-16H2,(H,27,28)/t22-/m0/s1. The van der Waals surface area contributed by atoms with Crippen molar-refractivity contribution in [2.75, 3.05) is 5.75 Å². The van der Waals surface area contributed by atoms with Crippen LogP contribution in [0.4, 0.5) is 0 Å². The van der Waals surface area contributed by atoms with E-state index in [9.17, 15) is 4.79 Å². The van der Waals surface area contributed by atoms with E-state index < -0.39 is 0 Å². The van der Waals surface area contributed by atoms with Crippen LogP contribution in [-0.2, 0) is 11.2 Å². The number of fused-ring (bicyclic) bond motifs is 1. The number of benzene rings is 3. The maximum Gasteiger partial charge on any atom is 0.230 e. The molecule has 3 aromatic carbocycles. The van der Waals surface area contributed by atoms with Gasteiger partial charge in [-0.05, 0) is 23.6 Å². The lowest BCUT2D eigenvalue weighted by atomic mass is 9.99. The molecule has 1 aromatic heterocycles. The van der Waals surface area contributed by atoms with E-state index in [1.165, 1.54) is 17.3 Å². The van der Waals surface area contributed by atoms with Crippen molar-refractivity contribution in [3.8, 4) is 0 Å². The Hall–Kier alpha value is -3.18. The average Bonchev–Trinajstić information content (AvgIpc) is 2.78. The lowest BCUT2D eigenvalue weighted by Crippen LogP contribution is -2.31. The molecule has 0 saturated carbocycles. The lowest BCUT2D eigenvalue weighted by Gasteiger charge is -2.19. The summed E-state index contributed by atoms with van der Waals surface area (Å²) in [5.41, 5.74) is 3.18. The molecule has 4 aromatic rings. The van der Waals surface area contributed by atoms with Gasteiger partial charge >= 0.3 is 0 Å². The zero-order valence-corrected chi connectivity index (χ0v) is 16.7. The highest BCUT2D eigenvalue weighted by molar-refractivity contribution is 8.00. The van der Waals surface area contributed by atoms with Crippen molar-refractivity contribution in [3.05, 3.63) is 102 Å². The van der Waals surface area contributed by atoms with Gasteiger partial charge in [0.15, 0.2) is 0 Å². The summed E-state index contributed by atoms with van der Waals surface area (Å²) in [5.74, 6) is 0.293. The predicted octanol–water partition coefficient (Wildman–Crippen LogP) is 4.82. The highest BCUT2D eigenvalue weighted by Crippen LogP contribution is 2.24. The molecule has 1 atom stereocenters. The Bertz CT molecular complexity index is 1080. The van der Waals surface area contributed by atoms with Crippen LogP contribution < -0.4 is 5.32 Å². The average molecular weight is 400 g/mol. The molecular weight excluding hydrogens is 378 g/mol. The number of hydrogen-bond acceptors (Lipinski definition) is 4. The maximum atomic E-state index is 12.8. The summed E-state index contributed by atoms with van der Waals surface area (Å²) in [6.45, 7) is 0. The van der Waals surface area contributed by atoms with Gasteiger partial charge in [0, 0.05) is 5.39 Å². The molecule has 4 nitrogen and oxygen atoms in total. The van der Waals surface area contributed by atoms with Crippen molar-refractivity contribution in [1.82, 2.24) is 15.3 Å². The third kappa shape index (κ3) is 5.00. The first kappa shape index (κ1) is 19.2. The number of amides is 1. The largest absolute Gasteiger partial charge is 0.348 e. The molecule has 0 radical (unpaired) electrons. The highest BCUT2D eigenvalue weighted by Gasteiger charge is 2.16.